The number of halogens is 1. The molecular weight excluding hydrogens is 261 g/mol. The third kappa shape index (κ3) is 3.68. The number of morpholine rings is 1. The third-order valence-corrected chi connectivity index (χ3v) is 3.27. The van der Waals surface area contributed by atoms with Crippen LogP contribution in [0.2, 0.25) is 0 Å². The molecule has 1 heterocycles. The number of nitrogens with two attached hydrogens (primary N) is 1. The molecule has 1 fully saturated rings. The summed E-state index contributed by atoms with van der Waals surface area (Å²) in [7, 11) is 0. The van der Waals surface area contributed by atoms with Crippen molar-refractivity contribution in [2.45, 2.75) is 26.0 Å². The van der Waals surface area contributed by atoms with Crippen molar-refractivity contribution in [3.8, 4) is 0 Å². The molecule has 2 rings (SSSR count). The fourth-order valence-electron chi connectivity index (χ4n) is 2.45. The summed E-state index contributed by atoms with van der Waals surface area (Å²) in [4.78, 5) is 2.20. The molecule has 20 heavy (non-hydrogen) atoms. The molecule has 110 valence electrons. The summed E-state index contributed by atoms with van der Waals surface area (Å²) in [5, 5.41) is 11.6. The zero-order chi connectivity index (χ0) is 14.8. The normalized spacial score (nSPS) is 20.1. The van der Waals surface area contributed by atoms with Gasteiger partial charge in [0.25, 0.3) is 0 Å². The molecule has 6 heteroatoms. The molecule has 0 amide bonds. The number of hydrogen-bond acceptors (Lipinski definition) is 4. The van der Waals surface area contributed by atoms with Crippen molar-refractivity contribution in [1.29, 1.82) is 0 Å². The zero-order valence-corrected chi connectivity index (χ0v) is 11.8. The molecule has 0 radical (unpaired) electrons. The van der Waals surface area contributed by atoms with Crippen LogP contribution in [0.3, 0.4) is 0 Å². The van der Waals surface area contributed by atoms with E-state index >= 15 is 0 Å². The molecule has 5 nitrogen and oxygen atoms in total. The average Bonchev–Trinajstić information content (AvgIpc) is 2.35. The molecule has 3 N–H and O–H groups in total. The van der Waals surface area contributed by atoms with Crippen LogP contribution in [-0.2, 0) is 11.3 Å². The highest BCUT2D eigenvalue weighted by Gasteiger charge is 2.27. The van der Waals surface area contributed by atoms with E-state index < -0.39 is 5.82 Å². The maximum atomic E-state index is 13.6. The van der Waals surface area contributed by atoms with E-state index in [0.29, 0.717) is 18.7 Å². The van der Waals surface area contributed by atoms with Crippen LogP contribution >= 0.6 is 0 Å². The summed E-state index contributed by atoms with van der Waals surface area (Å²) in [5.74, 6) is -0.482. The number of amidine groups is 1. The van der Waals surface area contributed by atoms with Crippen molar-refractivity contribution in [3.63, 3.8) is 0 Å². The summed E-state index contributed by atoms with van der Waals surface area (Å²) in [6.45, 7) is 6.92. The van der Waals surface area contributed by atoms with Crippen LogP contribution in [-0.4, -0.2) is 41.2 Å². The van der Waals surface area contributed by atoms with Gasteiger partial charge in [-0.1, -0.05) is 5.16 Å². The van der Waals surface area contributed by atoms with E-state index in [4.69, 9.17) is 15.7 Å². The summed E-state index contributed by atoms with van der Waals surface area (Å²) >= 11 is 0. The molecule has 0 bridgehead atoms. The number of hydrogen-bond donors (Lipinski definition) is 2. The van der Waals surface area contributed by atoms with Crippen LogP contribution in [0.5, 0.6) is 0 Å². The second kappa shape index (κ2) is 5.76. The van der Waals surface area contributed by atoms with E-state index in [0.717, 1.165) is 18.7 Å². The van der Waals surface area contributed by atoms with Crippen LogP contribution in [0, 0.1) is 5.82 Å². The Morgan fingerprint density at radius 2 is 2.25 bits per heavy atom. The molecular formula is C14H20FN3O2. The molecule has 0 aromatic heterocycles. The van der Waals surface area contributed by atoms with Gasteiger partial charge in [-0.15, -0.1) is 0 Å². The maximum Gasteiger partial charge on any atom is 0.170 e. The van der Waals surface area contributed by atoms with Crippen molar-refractivity contribution in [3.05, 3.63) is 35.1 Å². The maximum absolute atomic E-state index is 13.6. The van der Waals surface area contributed by atoms with Gasteiger partial charge in [-0.3, -0.25) is 4.90 Å². The Balaban J connectivity index is 2.15. The number of rotatable bonds is 3. The molecule has 1 saturated heterocycles. The Morgan fingerprint density at radius 1 is 1.50 bits per heavy atom. The van der Waals surface area contributed by atoms with Crippen LogP contribution in [0.4, 0.5) is 4.39 Å². The first-order valence-electron chi connectivity index (χ1n) is 6.53. The zero-order valence-electron chi connectivity index (χ0n) is 11.8. The van der Waals surface area contributed by atoms with Crippen LogP contribution in [0.1, 0.15) is 25.0 Å². The Bertz CT molecular complexity index is 517. The Kier molecular flexibility index (Phi) is 4.25. The van der Waals surface area contributed by atoms with Crippen molar-refractivity contribution in [2.24, 2.45) is 10.9 Å². The van der Waals surface area contributed by atoms with Crippen molar-refractivity contribution >= 4 is 5.84 Å². The van der Waals surface area contributed by atoms with Gasteiger partial charge in [0.15, 0.2) is 5.84 Å². The van der Waals surface area contributed by atoms with Gasteiger partial charge in [-0.2, -0.15) is 0 Å². The van der Waals surface area contributed by atoms with E-state index in [1.165, 1.54) is 12.1 Å². The number of nitrogens with zero attached hydrogens (tertiary/aromatic N) is 2. The SMILES string of the molecule is CC1(C)CN(Cc2cc(F)cc(/C(N)=N/O)c2)CCO1. The lowest BCUT2D eigenvalue weighted by Crippen LogP contribution is -2.47. The standard InChI is InChI=1S/C14H20FN3O2/c1-14(2)9-18(3-4-20-14)8-10-5-11(13(16)17-19)7-12(15)6-10/h5-7,19H,3-4,8-9H2,1-2H3,(H2,16,17). The first-order chi connectivity index (χ1) is 9.39. The predicted octanol–water partition coefficient (Wildman–Crippen LogP) is 1.53. The van der Waals surface area contributed by atoms with Crippen molar-refractivity contribution in [2.75, 3.05) is 19.7 Å². The summed E-state index contributed by atoms with van der Waals surface area (Å²) < 4.78 is 19.2. The fourth-order valence-corrected chi connectivity index (χ4v) is 2.45. The Hall–Kier alpha value is -1.66. The predicted molar refractivity (Wildman–Crippen MR) is 74.2 cm³/mol. The third-order valence-electron chi connectivity index (χ3n) is 3.27. The number of oxime groups is 1. The highest BCUT2D eigenvalue weighted by molar-refractivity contribution is 5.97. The minimum atomic E-state index is -0.392. The lowest BCUT2D eigenvalue weighted by Gasteiger charge is -2.38. The Labute approximate surface area is 117 Å². The number of ether oxygens (including phenoxy) is 1. The van der Waals surface area contributed by atoms with E-state index in [9.17, 15) is 4.39 Å². The van der Waals surface area contributed by atoms with Crippen molar-refractivity contribution in [1.82, 2.24) is 4.90 Å². The second-order valence-electron chi connectivity index (χ2n) is 5.65. The smallest absolute Gasteiger partial charge is 0.170 e. The minimum absolute atomic E-state index is 0.0898. The molecule has 1 aromatic rings. The average molecular weight is 281 g/mol. The van der Waals surface area contributed by atoms with Gasteiger partial charge in [-0.25, -0.2) is 4.39 Å². The first-order valence-corrected chi connectivity index (χ1v) is 6.53. The lowest BCUT2D eigenvalue weighted by atomic mass is 10.1. The van der Waals surface area contributed by atoms with Gasteiger partial charge in [0, 0.05) is 25.2 Å². The molecule has 0 saturated carbocycles. The quantitative estimate of drug-likeness (QED) is 0.381. The lowest BCUT2D eigenvalue weighted by molar-refractivity contribution is -0.0882. The summed E-state index contributed by atoms with van der Waals surface area (Å²) in [6, 6.07) is 4.46. The van der Waals surface area contributed by atoms with Gasteiger partial charge < -0.3 is 15.7 Å². The van der Waals surface area contributed by atoms with Gasteiger partial charge in [0.2, 0.25) is 0 Å². The largest absolute Gasteiger partial charge is 0.409 e. The number of benzene rings is 1. The highest BCUT2D eigenvalue weighted by atomic mass is 19.1. The van der Waals surface area contributed by atoms with Crippen LogP contribution < -0.4 is 5.73 Å². The van der Waals surface area contributed by atoms with Gasteiger partial charge in [-0.05, 0) is 37.6 Å². The second-order valence-corrected chi connectivity index (χ2v) is 5.65. The monoisotopic (exact) mass is 281 g/mol. The van der Waals surface area contributed by atoms with Crippen LogP contribution in [0.15, 0.2) is 23.4 Å². The molecule has 1 aliphatic heterocycles. The molecule has 0 spiro atoms. The van der Waals surface area contributed by atoms with Gasteiger partial charge >= 0.3 is 0 Å². The molecule has 0 unspecified atom stereocenters. The minimum Gasteiger partial charge on any atom is -0.409 e. The summed E-state index contributed by atoms with van der Waals surface area (Å²) in [5.41, 5.74) is 6.49. The highest BCUT2D eigenvalue weighted by Crippen LogP contribution is 2.19. The van der Waals surface area contributed by atoms with Crippen molar-refractivity contribution < 1.29 is 14.3 Å². The molecule has 0 atom stereocenters. The molecule has 1 aromatic carbocycles. The molecule has 1 aliphatic rings. The molecule has 0 aliphatic carbocycles. The Morgan fingerprint density at radius 3 is 2.90 bits per heavy atom. The summed E-state index contributed by atoms with van der Waals surface area (Å²) in [6.07, 6.45) is 0. The van der Waals surface area contributed by atoms with E-state index in [1.807, 2.05) is 13.8 Å². The van der Waals surface area contributed by atoms with E-state index in [-0.39, 0.29) is 11.4 Å². The van der Waals surface area contributed by atoms with Gasteiger partial charge in [0.1, 0.15) is 5.82 Å². The first kappa shape index (κ1) is 14.7. The van der Waals surface area contributed by atoms with E-state index in [2.05, 4.69) is 10.1 Å². The topological polar surface area (TPSA) is 71.1 Å². The van der Waals surface area contributed by atoms with Crippen LogP contribution in [0.25, 0.3) is 0 Å². The fraction of sp³-hybridized carbons (Fsp3) is 0.500. The van der Waals surface area contributed by atoms with E-state index in [1.54, 1.807) is 6.07 Å². The van der Waals surface area contributed by atoms with Gasteiger partial charge in [0.05, 0.1) is 12.2 Å².